The van der Waals surface area contributed by atoms with E-state index in [4.69, 9.17) is 25.6 Å². The first kappa shape index (κ1) is 21.5. The van der Waals surface area contributed by atoms with Gasteiger partial charge in [-0.25, -0.2) is 4.79 Å². The van der Waals surface area contributed by atoms with Gasteiger partial charge < -0.3 is 20.3 Å². The van der Waals surface area contributed by atoms with Crippen LogP contribution in [-0.4, -0.2) is 40.0 Å². The third kappa shape index (κ3) is 5.59. The van der Waals surface area contributed by atoms with Crippen LogP contribution >= 0.6 is 0 Å². The molecular weight excluding hydrogens is 376 g/mol. The number of ether oxygens (including phenoxy) is 2. The van der Waals surface area contributed by atoms with Gasteiger partial charge in [0, 0.05) is 30.3 Å². The average Bonchev–Trinajstić information content (AvgIpc) is 3.06. The van der Waals surface area contributed by atoms with E-state index in [2.05, 4.69) is 5.10 Å². The van der Waals surface area contributed by atoms with Crippen molar-refractivity contribution in [1.82, 2.24) is 9.78 Å². The number of hydrogen-bond acceptors (Lipinski definition) is 6. The van der Waals surface area contributed by atoms with E-state index in [1.807, 2.05) is 13.8 Å². The second kappa shape index (κ2) is 9.41. The number of nitrogens with two attached hydrogens (primary N) is 1. The summed E-state index contributed by atoms with van der Waals surface area (Å²) < 4.78 is 12.6. The Balaban J connectivity index is 2.56. The van der Waals surface area contributed by atoms with E-state index in [0.717, 1.165) is 0 Å². The molecule has 152 valence electrons. The second-order valence-corrected chi connectivity index (χ2v) is 6.42. The molecule has 9 nitrogen and oxygen atoms in total. The van der Waals surface area contributed by atoms with Gasteiger partial charge in [-0.3, -0.25) is 9.48 Å². The summed E-state index contributed by atoms with van der Waals surface area (Å²) in [6.07, 6.45) is 2.81. The molecule has 2 rings (SSSR count). The molecule has 1 amide bonds. The van der Waals surface area contributed by atoms with Crippen molar-refractivity contribution in [2.24, 2.45) is 5.73 Å². The molecule has 0 spiro atoms. The standard InChI is InChI=1S/C20H22N4O5/c1-12(2)29-16-5-4-13(9-17(16)28-3)19-15(8-14(10-21)20(26)27)11-24(23-19)7-6-18(22)25/h4-5,8-9,11-12H,6-7H2,1-3H3,(H2,22,25)(H,26,27)/b14-8+. The van der Waals surface area contributed by atoms with Crippen LogP contribution in [0.3, 0.4) is 0 Å². The van der Waals surface area contributed by atoms with Crippen molar-refractivity contribution in [2.45, 2.75) is 32.9 Å². The average molecular weight is 398 g/mol. The van der Waals surface area contributed by atoms with Gasteiger partial charge in [-0.1, -0.05) is 0 Å². The molecule has 0 aliphatic rings. The molecule has 0 aliphatic carbocycles. The van der Waals surface area contributed by atoms with Crippen LogP contribution in [0.15, 0.2) is 30.0 Å². The van der Waals surface area contributed by atoms with Gasteiger partial charge in [-0.15, -0.1) is 0 Å². The fourth-order valence-electron chi connectivity index (χ4n) is 2.57. The summed E-state index contributed by atoms with van der Waals surface area (Å²) >= 11 is 0. The molecule has 0 fully saturated rings. The lowest BCUT2D eigenvalue weighted by Gasteiger charge is -2.14. The number of nitriles is 1. The molecule has 0 saturated carbocycles. The Bertz CT molecular complexity index is 985. The molecule has 0 aliphatic heterocycles. The number of primary amides is 1. The number of aromatic nitrogens is 2. The highest BCUT2D eigenvalue weighted by molar-refractivity contribution is 5.97. The fourth-order valence-corrected chi connectivity index (χ4v) is 2.57. The van der Waals surface area contributed by atoms with E-state index in [9.17, 15) is 9.59 Å². The van der Waals surface area contributed by atoms with Crippen LogP contribution in [0.4, 0.5) is 0 Å². The van der Waals surface area contributed by atoms with Gasteiger partial charge in [0.05, 0.1) is 18.9 Å². The van der Waals surface area contributed by atoms with E-state index in [1.165, 1.54) is 17.9 Å². The minimum Gasteiger partial charge on any atom is -0.493 e. The first-order chi connectivity index (χ1) is 13.7. The summed E-state index contributed by atoms with van der Waals surface area (Å²) in [6, 6.07) is 6.84. The molecule has 0 unspecified atom stereocenters. The SMILES string of the molecule is COc1cc(-c2nn(CCC(N)=O)cc2/C=C(\C#N)C(=O)O)ccc1OC(C)C. The quantitative estimate of drug-likeness (QED) is 0.487. The number of carbonyl (C=O) groups is 2. The predicted octanol–water partition coefficient (Wildman–Crippen LogP) is 2.21. The highest BCUT2D eigenvalue weighted by Crippen LogP contribution is 2.34. The lowest BCUT2D eigenvalue weighted by atomic mass is 10.1. The molecule has 1 aromatic heterocycles. The molecule has 0 atom stereocenters. The Hall–Kier alpha value is -3.80. The van der Waals surface area contributed by atoms with E-state index in [0.29, 0.717) is 28.3 Å². The van der Waals surface area contributed by atoms with Crippen molar-refractivity contribution < 1.29 is 24.2 Å². The summed E-state index contributed by atoms with van der Waals surface area (Å²) in [4.78, 5) is 22.3. The van der Waals surface area contributed by atoms with Gasteiger partial charge in [-0.05, 0) is 38.1 Å². The molecule has 29 heavy (non-hydrogen) atoms. The normalized spacial score (nSPS) is 11.2. The van der Waals surface area contributed by atoms with Crippen molar-refractivity contribution in [3.05, 3.63) is 35.5 Å². The van der Waals surface area contributed by atoms with Gasteiger partial charge in [0.15, 0.2) is 11.5 Å². The van der Waals surface area contributed by atoms with Gasteiger partial charge in [0.2, 0.25) is 5.91 Å². The molecule has 9 heteroatoms. The number of amides is 1. The van der Waals surface area contributed by atoms with E-state index in [-0.39, 0.29) is 19.1 Å². The summed E-state index contributed by atoms with van der Waals surface area (Å²) in [5.41, 5.74) is 6.22. The Kier molecular flexibility index (Phi) is 6.98. The van der Waals surface area contributed by atoms with Crippen molar-refractivity contribution in [1.29, 1.82) is 5.26 Å². The van der Waals surface area contributed by atoms with Crippen molar-refractivity contribution in [3.8, 4) is 28.8 Å². The van der Waals surface area contributed by atoms with E-state index in [1.54, 1.807) is 30.5 Å². The zero-order chi connectivity index (χ0) is 21.6. The molecular formula is C20H22N4O5. The molecule has 1 aromatic carbocycles. The van der Waals surface area contributed by atoms with Crippen LogP contribution in [0.1, 0.15) is 25.8 Å². The number of rotatable bonds is 9. The highest BCUT2D eigenvalue weighted by atomic mass is 16.5. The number of carboxylic acid groups (broad SMARTS) is 1. The third-order valence-corrected chi connectivity index (χ3v) is 3.83. The van der Waals surface area contributed by atoms with Crippen molar-refractivity contribution in [3.63, 3.8) is 0 Å². The minimum atomic E-state index is -1.35. The van der Waals surface area contributed by atoms with Crippen LogP contribution < -0.4 is 15.2 Å². The van der Waals surface area contributed by atoms with Gasteiger partial charge in [0.1, 0.15) is 11.6 Å². The predicted molar refractivity (Wildman–Crippen MR) is 105 cm³/mol. The highest BCUT2D eigenvalue weighted by Gasteiger charge is 2.16. The molecule has 1 heterocycles. The van der Waals surface area contributed by atoms with Crippen molar-refractivity contribution in [2.75, 3.05) is 7.11 Å². The largest absolute Gasteiger partial charge is 0.493 e. The molecule has 0 radical (unpaired) electrons. The topological polar surface area (TPSA) is 140 Å². The fraction of sp³-hybridized carbons (Fsp3) is 0.300. The summed E-state index contributed by atoms with van der Waals surface area (Å²) in [5, 5.41) is 22.7. The van der Waals surface area contributed by atoms with Crippen LogP contribution in [0.25, 0.3) is 17.3 Å². The summed E-state index contributed by atoms with van der Waals surface area (Å²) in [6.45, 7) is 4.01. The maximum Gasteiger partial charge on any atom is 0.346 e. The minimum absolute atomic E-state index is 0.0463. The lowest BCUT2D eigenvalue weighted by molar-refractivity contribution is -0.132. The van der Waals surface area contributed by atoms with Gasteiger partial charge in [-0.2, -0.15) is 10.4 Å². The van der Waals surface area contributed by atoms with Crippen LogP contribution in [-0.2, 0) is 16.1 Å². The van der Waals surface area contributed by atoms with Crippen LogP contribution in [0.5, 0.6) is 11.5 Å². The van der Waals surface area contributed by atoms with Crippen LogP contribution in [0.2, 0.25) is 0 Å². The Morgan fingerprint density at radius 1 is 1.38 bits per heavy atom. The van der Waals surface area contributed by atoms with Gasteiger partial charge in [0.25, 0.3) is 0 Å². The van der Waals surface area contributed by atoms with Crippen LogP contribution in [0, 0.1) is 11.3 Å². The monoisotopic (exact) mass is 398 g/mol. The summed E-state index contributed by atoms with van der Waals surface area (Å²) in [5.74, 6) is -0.794. The number of benzene rings is 1. The number of carboxylic acids is 1. The van der Waals surface area contributed by atoms with E-state index < -0.39 is 17.4 Å². The molecule has 0 bridgehead atoms. The third-order valence-electron chi connectivity index (χ3n) is 3.83. The number of hydrogen-bond donors (Lipinski definition) is 2. The second-order valence-electron chi connectivity index (χ2n) is 6.42. The first-order valence-corrected chi connectivity index (χ1v) is 8.81. The first-order valence-electron chi connectivity index (χ1n) is 8.81. The summed E-state index contributed by atoms with van der Waals surface area (Å²) in [7, 11) is 1.51. The molecule has 2 aromatic rings. The molecule has 0 saturated heterocycles. The number of methoxy groups -OCH3 is 1. The maximum absolute atomic E-state index is 11.2. The number of aliphatic carboxylic acids is 1. The number of carbonyl (C=O) groups excluding carboxylic acids is 1. The molecule has 3 N–H and O–H groups in total. The Morgan fingerprint density at radius 3 is 2.66 bits per heavy atom. The number of aryl methyl sites for hydroxylation is 1. The maximum atomic E-state index is 11.2. The Labute approximate surface area is 167 Å². The van der Waals surface area contributed by atoms with Crippen molar-refractivity contribution >= 4 is 18.0 Å². The van der Waals surface area contributed by atoms with Gasteiger partial charge >= 0.3 is 5.97 Å². The van der Waals surface area contributed by atoms with E-state index >= 15 is 0 Å². The Morgan fingerprint density at radius 2 is 2.10 bits per heavy atom. The smallest absolute Gasteiger partial charge is 0.346 e. The lowest BCUT2D eigenvalue weighted by Crippen LogP contribution is -2.14. The zero-order valence-electron chi connectivity index (χ0n) is 16.4. The number of nitrogens with zero attached hydrogens (tertiary/aromatic N) is 3. The zero-order valence-corrected chi connectivity index (χ0v) is 16.4.